The Morgan fingerprint density at radius 1 is 0.765 bits per heavy atom. The topological polar surface area (TPSA) is 98.7 Å². The molecule has 4 N–H and O–H groups in total. The maximum atomic E-state index is 12.3. The van der Waals surface area contributed by atoms with Gasteiger partial charge in [-0.2, -0.15) is 0 Å². The SMILES string of the molecule is Cc1cccc(CCNCCC(CCCC(=O)O)(CCNCCc2cccc(C)c2)C(=O)O)c1. The van der Waals surface area contributed by atoms with Crippen LogP contribution in [0.4, 0.5) is 0 Å². The first kappa shape index (κ1) is 27.5. The molecule has 0 saturated heterocycles. The first-order chi connectivity index (χ1) is 16.3. The van der Waals surface area contributed by atoms with Crippen molar-refractivity contribution in [3.05, 3.63) is 70.8 Å². The summed E-state index contributed by atoms with van der Waals surface area (Å²) in [6.45, 7) is 6.89. The van der Waals surface area contributed by atoms with E-state index in [0.29, 0.717) is 38.8 Å². The standard InChI is InChI=1S/C28H40N2O4/c1-22-6-3-8-24(20-22)11-16-29-18-14-28(27(33)34,13-5-10-26(31)32)15-19-30-17-12-25-9-4-7-23(2)21-25/h3-4,6-9,20-21,29-30H,5,10-19H2,1-2H3,(H,31,32)(H,33,34). The average molecular weight is 469 g/mol. The molecular formula is C28H40N2O4. The number of carbonyl (C=O) groups is 2. The molecule has 0 bridgehead atoms. The van der Waals surface area contributed by atoms with Gasteiger partial charge in [-0.25, -0.2) is 0 Å². The molecule has 0 aliphatic carbocycles. The number of rotatable bonds is 17. The van der Waals surface area contributed by atoms with Gasteiger partial charge in [0.25, 0.3) is 0 Å². The van der Waals surface area contributed by atoms with Crippen molar-refractivity contribution in [2.45, 2.75) is 58.8 Å². The van der Waals surface area contributed by atoms with Crippen LogP contribution in [0.5, 0.6) is 0 Å². The minimum atomic E-state index is -0.928. The summed E-state index contributed by atoms with van der Waals surface area (Å²) in [4.78, 5) is 23.3. The van der Waals surface area contributed by atoms with Crippen LogP contribution in [-0.4, -0.2) is 48.3 Å². The molecule has 0 amide bonds. The summed E-state index contributed by atoms with van der Waals surface area (Å²) >= 11 is 0. The second kappa shape index (κ2) is 14.5. The van der Waals surface area contributed by atoms with Crippen molar-refractivity contribution in [2.24, 2.45) is 5.41 Å². The molecule has 0 fully saturated rings. The fraction of sp³-hybridized carbons (Fsp3) is 0.500. The van der Waals surface area contributed by atoms with Gasteiger partial charge in [-0.15, -0.1) is 0 Å². The summed E-state index contributed by atoms with van der Waals surface area (Å²) in [5.41, 5.74) is 4.06. The van der Waals surface area contributed by atoms with Crippen molar-refractivity contribution in [3.8, 4) is 0 Å². The summed E-state index contributed by atoms with van der Waals surface area (Å²) in [6.07, 6.45) is 3.48. The number of nitrogens with one attached hydrogen (secondary N) is 2. The van der Waals surface area contributed by atoms with Crippen molar-refractivity contribution >= 4 is 11.9 Å². The van der Waals surface area contributed by atoms with Gasteiger partial charge < -0.3 is 20.8 Å². The van der Waals surface area contributed by atoms with Gasteiger partial charge in [0.1, 0.15) is 0 Å². The first-order valence-electron chi connectivity index (χ1n) is 12.3. The van der Waals surface area contributed by atoms with Crippen molar-refractivity contribution in [1.82, 2.24) is 10.6 Å². The highest BCUT2D eigenvalue weighted by atomic mass is 16.4. The van der Waals surface area contributed by atoms with E-state index in [1.807, 2.05) is 0 Å². The van der Waals surface area contributed by atoms with E-state index in [0.717, 1.165) is 25.9 Å². The smallest absolute Gasteiger partial charge is 0.309 e. The molecule has 0 saturated carbocycles. The molecule has 0 aliphatic rings. The van der Waals surface area contributed by atoms with Crippen molar-refractivity contribution < 1.29 is 19.8 Å². The van der Waals surface area contributed by atoms with Gasteiger partial charge in [0.05, 0.1) is 5.41 Å². The molecule has 0 unspecified atom stereocenters. The minimum Gasteiger partial charge on any atom is -0.481 e. The molecular weight excluding hydrogens is 428 g/mol. The molecule has 0 aliphatic heterocycles. The number of carboxylic acid groups (broad SMARTS) is 2. The van der Waals surface area contributed by atoms with Crippen LogP contribution in [0.1, 0.15) is 54.4 Å². The number of benzene rings is 2. The summed E-state index contributed by atoms with van der Waals surface area (Å²) in [5.74, 6) is -1.72. The predicted octanol–water partition coefficient (Wildman–Crippen LogP) is 4.37. The molecule has 0 spiro atoms. The van der Waals surface area contributed by atoms with E-state index in [9.17, 15) is 14.7 Å². The third-order valence-electron chi connectivity index (χ3n) is 6.41. The van der Waals surface area contributed by atoms with Gasteiger partial charge in [-0.3, -0.25) is 9.59 Å². The monoisotopic (exact) mass is 468 g/mol. The summed E-state index contributed by atoms with van der Waals surface area (Å²) in [6, 6.07) is 16.8. The van der Waals surface area contributed by atoms with Crippen molar-refractivity contribution in [1.29, 1.82) is 0 Å². The van der Waals surface area contributed by atoms with Gasteiger partial charge in [-0.05, 0) is 89.7 Å². The zero-order chi connectivity index (χ0) is 24.8. The molecule has 6 heteroatoms. The zero-order valence-corrected chi connectivity index (χ0v) is 20.6. The second-order valence-electron chi connectivity index (χ2n) is 9.31. The van der Waals surface area contributed by atoms with Crippen molar-refractivity contribution in [3.63, 3.8) is 0 Å². The highest BCUT2D eigenvalue weighted by Crippen LogP contribution is 2.33. The molecule has 2 aromatic carbocycles. The number of aryl methyl sites for hydroxylation is 2. The van der Waals surface area contributed by atoms with Crippen LogP contribution in [0, 0.1) is 19.3 Å². The number of aliphatic carboxylic acids is 2. The molecule has 2 rings (SSSR count). The van der Waals surface area contributed by atoms with Crippen LogP contribution in [0.25, 0.3) is 0 Å². The van der Waals surface area contributed by atoms with Gasteiger partial charge >= 0.3 is 11.9 Å². The lowest BCUT2D eigenvalue weighted by atomic mass is 9.76. The molecule has 2 aromatic rings. The Bertz CT molecular complexity index is 857. The van der Waals surface area contributed by atoms with Gasteiger partial charge in [0, 0.05) is 6.42 Å². The minimum absolute atomic E-state index is 0.00337. The molecule has 0 radical (unpaired) electrons. The second-order valence-corrected chi connectivity index (χ2v) is 9.31. The lowest BCUT2D eigenvalue weighted by Gasteiger charge is -2.30. The normalized spacial score (nSPS) is 11.5. The van der Waals surface area contributed by atoms with Crippen LogP contribution in [0.3, 0.4) is 0 Å². The average Bonchev–Trinajstić information content (AvgIpc) is 2.78. The Labute approximate surface area is 203 Å². The molecule has 0 atom stereocenters. The number of hydrogen-bond acceptors (Lipinski definition) is 4. The van der Waals surface area contributed by atoms with E-state index in [2.05, 4.69) is 73.0 Å². The van der Waals surface area contributed by atoms with Gasteiger partial charge in [0.15, 0.2) is 0 Å². The highest BCUT2D eigenvalue weighted by molar-refractivity contribution is 5.74. The maximum absolute atomic E-state index is 12.3. The van der Waals surface area contributed by atoms with E-state index >= 15 is 0 Å². The number of carboxylic acids is 2. The van der Waals surface area contributed by atoms with E-state index < -0.39 is 17.4 Å². The fourth-order valence-corrected chi connectivity index (χ4v) is 4.38. The van der Waals surface area contributed by atoms with Crippen LogP contribution < -0.4 is 10.6 Å². The Morgan fingerprint density at radius 3 is 1.68 bits per heavy atom. The molecule has 186 valence electrons. The summed E-state index contributed by atoms with van der Waals surface area (Å²) in [5, 5.41) is 25.9. The Kier molecular flexibility index (Phi) is 11.8. The van der Waals surface area contributed by atoms with Gasteiger partial charge in [0.2, 0.25) is 0 Å². The Morgan fingerprint density at radius 2 is 1.26 bits per heavy atom. The first-order valence-corrected chi connectivity index (χ1v) is 12.3. The fourth-order valence-electron chi connectivity index (χ4n) is 4.38. The van der Waals surface area contributed by atoms with Gasteiger partial charge in [-0.1, -0.05) is 59.7 Å². The van der Waals surface area contributed by atoms with Crippen LogP contribution in [0.15, 0.2) is 48.5 Å². The third kappa shape index (κ3) is 10.1. The molecule has 34 heavy (non-hydrogen) atoms. The van der Waals surface area contributed by atoms with E-state index in [1.54, 1.807) is 0 Å². The van der Waals surface area contributed by atoms with Crippen LogP contribution in [0.2, 0.25) is 0 Å². The predicted molar refractivity (Wildman–Crippen MR) is 136 cm³/mol. The van der Waals surface area contributed by atoms with E-state index in [4.69, 9.17) is 5.11 Å². The van der Waals surface area contributed by atoms with Crippen LogP contribution >= 0.6 is 0 Å². The molecule has 6 nitrogen and oxygen atoms in total. The maximum Gasteiger partial charge on any atom is 0.309 e. The van der Waals surface area contributed by atoms with Crippen molar-refractivity contribution in [2.75, 3.05) is 26.2 Å². The lowest BCUT2D eigenvalue weighted by molar-refractivity contribution is -0.151. The van der Waals surface area contributed by atoms with Crippen LogP contribution in [-0.2, 0) is 22.4 Å². The quantitative estimate of drug-likeness (QED) is 0.257. The highest BCUT2D eigenvalue weighted by Gasteiger charge is 2.37. The Balaban J connectivity index is 1.85. The van der Waals surface area contributed by atoms with E-state index in [1.165, 1.54) is 22.3 Å². The summed E-state index contributed by atoms with van der Waals surface area (Å²) < 4.78 is 0. The zero-order valence-electron chi connectivity index (χ0n) is 20.6. The molecule has 0 aromatic heterocycles. The third-order valence-corrected chi connectivity index (χ3v) is 6.41. The molecule has 0 heterocycles. The van der Waals surface area contributed by atoms with E-state index in [-0.39, 0.29) is 6.42 Å². The largest absolute Gasteiger partial charge is 0.481 e. The lowest BCUT2D eigenvalue weighted by Crippen LogP contribution is -2.38. The summed E-state index contributed by atoms with van der Waals surface area (Å²) in [7, 11) is 0. The Hall–Kier alpha value is -2.70. The number of hydrogen-bond donors (Lipinski definition) is 4.